The maximum Gasteiger partial charge on any atom is 0.0701 e. The molecule has 0 aromatic carbocycles. The van der Waals surface area contributed by atoms with Gasteiger partial charge in [0.15, 0.2) is 0 Å². The minimum Gasteiger partial charge on any atom is -0.379 e. The first-order chi connectivity index (χ1) is 15.9. The minimum absolute atomic E-state index is 0.694. The van der Waals surface area contributed by atoms with E-state index in [2.05, 4.69) is 13.8 Å². The van der Waals surface area contributed by atoms with Gasteiger partial charge in [0, 0.05) is 13.2 Å². The van der Waals surface area contributed by atoms with Crippen LogP contribution < -0.4 is 0 Å². The molecule has 0 fully saturated rings. The maximum atomic E-state index is 5.67. The first-order valence-electron chi connectivity index (χ1n) is 14.6. The van der Waals surface area contributed by atoms with Crippen LogP contribution in [0, 0.1) is 0 Å². The summed E-state index contributed by atoms with van der Waals surface area (Å²) in [5.41, 5.74) is 0. The highest BCUT2D eigenvalue weighted by Gasteiger charge is 1.96. The molecule has 0 bridgehead atoms. The molecule has 3 heteroatoms. The summed E-state index contributed by atoms with van der Waals surface area (Å²) in [6, 6.07) is 0. The molecule has 0 saturated carbocycles. The van der Waals surface area contributed by atoms with E-state index in [1.165, 1.54) is 135 Å². The van der Waals surface area contributed by atoms with Crippen LogP contribution in [0.4, 0.5) is 0 Å². The molecule has 0 aromatic heterocycles. The van der Waals surface area contributed by atoms with Gasteiger partial charge < -0.3 is 14.2 Å². The molecular weight excluding hydrogens is 396 g/mol. The maximum absolute atomic E-state index is 5.67. The topological polar surface area (TPSA) is 27.7 Å². The van der Waals surface area contributed by atoms with E-state index < -0.39 is 0 Å². The predicted octanol–water partition coefficient (Wildman–Crippen LogP) is 9.27. The average molecular weight is 457 g/mol. The van der Waals surface area contributed by atoms with Crippen molar-refractivity contribution in [2.75, 3.05) is 39.6 Å². The van der Waals surface area contributed by atoms with Crippen LogP contribution in [0.2, 0.25) is 0 Å². The summed E-state index contributed by atoms with van der Waals surface area (Å²) in [7, 11) is 0. The Labute approximate surface area is 202 Å². The van der Waals surface area contributed by atoms with Gasteiger partial charge in [0.1, 0.15) is 0 Å². The Morgan fingerprint density at radius 2 is 0.469 bits per heavy atom. The van der Waals surface area contributed by atoms with Crippen LogP contribution in [0.3, 0.4) is 0 Å². The summed E-state index contributed by atoms with van der Waals surface area (Å²) in [5, 5.41) is 0. The van der Waals surface area contributed by atoms with E-state index in [1.807, 2.05) is 0 Å². The van der Waals surface area contributed by atoms with Gasteiger partial charge in [0.05, 0.1) is 26.4 Å². The van der Waals surface area contributed by atoms with Crippen molar-refractivity contribution < 1.29 is 14.2 Å². The van der Waals surface area contributed by atoms with Gasteiger partial charge in [-0.25, -0.2) is 0 Å². The second-order valence-corrected chi connectivity index (χ2v) is 9.55. The molecule has 0 atom stereocenters. The van der Waals surface area contributed by atoms with Gasteiger partial charge in [-0.3, -0.25) is 0 Å². The number of ether oxygens (including phenoxy) is 3. The van der Waals surface area contributed by atoms with Crippen LogP contribution in [0.15, 0.2) is 0 Å². The molecule has 0 aliphatic carbocycles. The SMILES string of the molecule is CCCCCCCCCCCCCCCOCCOCCOCCCCCCCCCC. The third kappa shape index (κ3) is 29.9. The molecule has 0 heterocycles. The molecule has 0 unspecified atom stereocenters. The van der Waals surface area contributed by atoms with Gasteiger partial charge in [-0.2, -0.15) is 0 Å². The van der Waals surface area contributed by atoms with Gasteiger partial charge in [0.2, 0.25) is 0 Å². The van der Waals surface area contributed by atoms with E-state index in [0.29, 0.717) is 13.2 Å². The minimum atomic E-state index is 0.694. The van der Waals surface area contributed by atoms with Crippen molar-refractivity contribution in [3.63, 3.8) is 0 Å². The van der Waals surface area contributed by atoms with Crippen molar-refractivity contribution in [2.24, 2.45) is 0 Å². The van der Waals surface area contributed by atoms with Gasteiger partial charge in [0.25, 0.3) is 0 Å². The van der Waals surface area contributed by atoms with Crippen LogP contribution >= 0.6 is 0 Å². The molecule has 3 nitrogen and oxygen atoms in total. The van der Waals surface area contributed by atoms with E-state index in [9.17, 15) is 0 Å². The fourth-order valence-electron chi connectivity index (χ4n) is 4.10. The van der Waals surface area contributed by atoms with Crippen LogP contribution in [0.5, 0.6) is 0 Å². The molecular formula is C29H60O3. The highest BCUT2D eigenvalue weighted by atomic mass is 16.5. The van der Waals surface area contributed by atoms with Crippen molar-refractivity contribution in [3.8, 4) is 0 Å². The molecule has 0 rings (SSSR count). The largest absolute Gasteiger partial charge is 0.379 e. The standard InChI is InChI=1S/C29H60O3/c1-3-5-7-9-11-13-14-15-16-17-19-21-23-25-31-27-29-32-28-26-30-24-22-20-18-12-10-8-6-4-2/h3-29H2,1-2H3. The van der Waals surface area contributed by atoms with E-state index in [4.69, 9.17) is 14.2 Å². The molecule has 0 spiro atoms. The molecule has 0 amide bonds. The van der Waals surface area contributed by atoms with E-state index in [0.717, 1.165) is 26.4 Å². The molecule has 0 saturated heterocycles. The lowest BCUT2D eigenvalue weighted by Crippen LogP contribution is -2.10. The monoisotopic (exact) mass is 456 g/mol. The van der Waals surface area contributed by atoms with Gasteiger partial charge in [-0.05, 0) is 12.8 Å². The molecule has 0 radical (unpaired) electrons. The Morgan fingerprint density at radius 3 is 0.750 bits per heavy atom. The van der Waals surface area contributed by atoms with Crippen molar-refractivity contribution in [1.82, 2.24) is 0 Å². The smallest absolute Gasteiger partial charge is 0.0701 e. The molecule has 194 valence electrons. The Balaban J connectivity index is 2.98. The number of hydrogen-bond acceptors (Lipinski definition) is 3. The van der Waals surface area contributed by atoms with Crippen molar-refractivity contribution in [3.05, 3.63) is 0 Å². The molecule has 0 aliphatic rings. The average Bonchev–Trinajstić information content (AvgIpc) is 2.81. The summed E-state index contributed by atoms with van der Waals surface area (Å²) in [6.45, 7) is 9.15. The summed E-state index contributed by atoms with van der Waals surface area (Å²) in [4.78, 5) is 0. The van der Waals surface area contributed by atoms with Crippen molar-refractivity contribution in [2.45, 2.75) is 149 Å². The highest BCUT2D eigenvalue weighted by Crippen LogP contribution is 2.12. The van der Waals surface area contributed by atoms with Crippen molar-refractivity contribution in [1.29, 1.82) is 0 Å². The quantitative estimate of drug-likeness (QED) is 0.105. The zero-order valence-corrected chi connectivity index (χ0v) is 22.3. The molecule has 32 heavy (non-hydrogen) atoms. The summed E-state index contributed by atoms with van der Waals surface area (Å²) in [5.74, 6) is 0. The van der Waals surface area contributed by atoms with Gasteiger partial charge >= 0.3 is 0 Å². The van der Waals surface area contributed by atoms with Crippen LogP contribution in [-0.4, -0.2) is 39.6 Å². The third-order valence-electron chi connectivity index (χ3n) is 6.28. The Hall–Kier alpha value is -0.120. The van der Waals surface area contributed by atoms with Crippen LogP contribution in [0.1, 0.15) is 149 Å². The zero-order valence-electron chi connectivity index (χ0n) is 22.3. The van der Waals surface area contributed by atoms with E-state index in [-0.39, 0.29) is 0 Å². The first-order valence-corrected chi connectivity index (χ1v) is 14.6. The molecule has 0 aliphatic heterocycles. The highest BCUT2D eigenvalue weighted by molar-refractivity contribution is 4.49. The molecule has 0 aromatic rings. The fraction of sp³-hybridized carbons (Fsp3) is 1.00. The van der Waals surface area contributed by atoms with Crippen molar-refractivity contribution >= 4 is 0 Å². The van der Waals surface area contributed by atoms with E-state index >= 15 is 0 Å². The normalized spacial score (nSPS) is 11.4. The number of rotatable bonds is 29. The lowest BCUT2D eigenvalue weighted by atomic mass is 10.0. The third-order valence-corrected chi connectivity index (χ3v) is 6.28. The summed E-state index contributed by atoms with van der Waals surface area (Å²) in [6.07, 6.45) is 28.9. The Morgan fingerprint density at radius 1 is 0.250 bits per heavy atom. The second kappa shape index (κ2) is 30.9. The summed E-state index contributed by atoms with van der Waals surface area (Å²) < 4.78 is 16.9. The van der Waals surface area contributed by atoms with Crippen LogP contribution in [0.25, 0.3) is 0 Å². The first kappa shape index (κ1) is 31.9. The predicted molar refractivity (Wildman–Crippen MR) is 141 cm³/mol. The van der Waals surface area contributed by atoms with Crippen LogP contribution in [-0.2, 0) is 14.2 Å². The summed E-state index contributed by atoms with van der Waals surface area (Å²) >= 11 is 0. The Bertz CT molecular complexity index is 279. The fourth-order valence-corrected chi connectivity index (χ4v) is 4.10. The van der Waals surface area contributed by atoms with Gasteiger partial charge in [-0.1, -0.05) is 136 Å². The lowest BCUT2D eigenvalue weighted by Gasteiger charge is -2.07. The molecule has 0 N–H and O–H groups in total. The van der Waals surface area contributed by atoms with Gasteiger partial charge in [-0.15, -0.1) is 0 Å². The number of hydrogen-bond donors (Lipinski definition) is 0. The second-order valence-electron chi connectivity index (χ2n) is 9.55. The van der Waals surface area contributed by atoms with E-state index in [1.54, 1.807) is 0 Å². The zero-order chi connectivity index (χ0) is 23.2. The lowest BCUT2D eigenvalue weighted by molar-refractivity contribution is 0.0132. The number of unbranched alkanes of at least 4 members (excludes halogenated alkanes) is 19. The Kier molecular flexibility index (Phi) is 30.8.